The SMILES string of the molecule is CCOCCC(=O)N/N=C(\C)c1ccc(N)cc1. The first kappa shape index (κ1) is 14.2. The van der Waals surface area contributed by atoms with E-state index in [1.165, 1.54) is 0 Å². The van der Waals surface area contributed by atoms with Gasteiger partial charge in [-0.3, -0.25) is 4.79 Å². The number of ether oxygens (including phenoxy) is 1. The zero-order valence-corrected chi connectivity index (χ0v) is 10.8. The van der Waals surface area contributed by atoms with Crippen LogP contribution < -0.4 is 11.2 Å². The fraction of sp³-hybridized carbons (Fsp3) is 0.385. The number of hydrazone groups is 1. The third-order valence-corrected chi connectivity index (χ3v) is 2.35. The van der Waals surface area contributed by atoms with Gasteiger partial charge in [0.15, 0.2) is 0 Å². The van der Waals surface area contributed by atoms with E-state index in [1.807, 2.05) is 26.0 Å². The zero-order valence-electron chi connectivity index (χ0n) is 10.8. The molecule has 0 aliphatic carbocycles. The fourth-order valence-corrected chi connectivity index (χ4v) is 1.30. The number of rotatable bonds is 6. The second-order valence-electron chi connectivity index (χ2n) is 3.80. The highest BCUT2D eigenvalue weighted by atomic mass is 16.5. The molecule has 0 atom stereocenters. The Morgan fingerprint density at radius 3 is 2.67 bits per heavy atom. The molecule has 0 spiro atoms. The molecular weight excluding hydrogens is 230 g/mol. The molecule has 0 saturated heterocycles. The summed E-state index contributed by atoms with van der Waals surface area (Å²) >= 11 is 0. The fourth-order valence-electron chi connectivity index (χ4n) is 1.30. The monoisotopic (exact) mass is 249 g/mol. The molecule has 1 amide bonds. The Bertz CT molecular complexity index is 413. The first-order chi connectivity index (χ1) is 8.63. The Labute approximate surface area is 107 Å². The molecule has 1 aromatic carbocycles. The van der Waals surface area contributed by atoms with Gasteiger partial charge in [-0.15, -0.1) is 0 Å². The van der Waals surface area contributed by atoms with Gasteiger partial charge in [-0.2, -0.15) is 5.10 Å². The van der Waals surface area contributed by atoms with Crippen LogP contribution in [0.25, 0.3) is 0 Å². The minimum Gasteiger partial charge on any atom is -0.399 e. The van der Waals surface area contributed by atoms with Crippen molar-refractivity contribution in [2.24, 2.45) is 5.10 Å². The minimum atomic E-state index is -0.154. The van der Waals surface area contributed by atoms with Crippen LogP contribution in [0.15, 0.2) is 29.4 Å². The van der Waals surface area contributed by atoms with Crippen molar-refractivity contribution in [2.75, 3.05) is 18.9 Å². The molecule has 0 aliphatic rings. The van der Waals surface area contributed by atoms with Crippen LogP contribution in [-0.4, -0.2) is 24.8 Å². The van der Waals surface area contributed by atoms with E-state index < -0.39 is 0 Å². The summed E-state index contributed by atoms with van der Waals surface area (Å²) in [4.78, 5) is 11.4. The average Bonchev–Trinajstić information content (AvgIpc) is 2.37. The molecule has 0 heterocycles. The summed E-state index contributed by atoms with van der Waals surface area (Å²) in [5, 5.41) is 4.02. The molecular formula is C13H19N3O2. The third kappa shape index (κ3) is 4.97. The van der Waals surface area contributed by atoms with Crippen molar-refractivity contribution in [1.82, 2.24) is 5.43 Å². The maximum absolute atomic E-state index is 11.4. The van der Waals surface area contributed by atoms with Crippen molar-refractivity contribution in [3.05, 3.63) is 29.8 Å². The summed E-state index contributed by atoms with van der Waals surface area (Å²) in [7, 11) is 0. The molecule has 1 aromatic rings. The Morgan fingerprint density at radius 1 is 1.39 bits per heavy atom. The summed E-state index contributed by atoms with van der Waals surface area (Å²) < 4.78 is 5.09. The Kier molecular flexibility index (Phi) is 5.87. The zero-order chi connectivity index (χ0) is 13.4. The van der Waals surface area contributed by atoms with E-state index in [0.717, 1.165) is 11.3 Å². The number of nitrogens with zero attached hydrogens (tertiary/aromatic N) is 1. The lowest BCUT2D eigenvalue weighted by atomic mass is 10.1. The molecule has 5 nitrogen and oxygen atoms in total. The highest BCUT2D eigenvalue weighted by molar-refractivity contribution is 5.99. The van der Waals surface area contributed by atoms with Crippen LogP contribution in [0.4, 0.5) is 5.69 Å². The van der Waals surface area contributed by atoms with Crippen LogP contribution in [0.3, 0.4) is 0 Å². The first-order valence-electron chi connectivity index (χ1n) is 5.90. The van der Waals surface area contributed by atoms with Crippen LogP contribution in [0.5, 0.6) is 0 Å². The third-order valence-electron chi connectivity index (χ3n) is 2.35. The molecule has 0 radical (unpaired) electrons. The van der Waals surface area contributed by atoms with Crippen LogP contribution >= 0.6 is 0 Å². The van der Waals surface area contributed by atoms with Crippen molar-refractivity contribution in [2.45, 2.75) is 20.3 Å². The molecule has 0 aliphatic heterocycles. The summed E-state index contributed by atoms with van der Waals surface area (Å²) in [5.74, 6) is -0.154. The van der Waals surface area contributed by atoms with E-state index in [9.17, 15) is 4.79 Å². The summed E-state index contributed by atoms with van der Waals surface area (Å²) in [6, 6.07) is 7.32. The number of nitrogens with one attached hydrogen (secondary N) is 1. The minimum absolute atomic E-state index is 0.154. The number of benzene rings is 1. The van der Waals surface area contributed by atoms with E-state index in [-0.39, 0.29) is 5.91 Å². The van der Waals surface area contributed by atoms with E-state index >= 15 is 0 Å². The van der Waals surface area contributed by atoms with Crippen LogP contribution in [0.1, 0.15) is 25.8 Å². The number of nitrogen functional groups attached to an aromatic ring is 1. The van der Waals surface area contributed by atoms with Crippen LogP contribution in [0, 0.1) is 0 Å². The number of nitrogens with two attached hydrogens (primary N) is 1. The van der Waals surface area contributed by atoms with E-state index in [0.29, 0.717) is 25.3 Å². The lowest BCUT2D eigenvalue weighted by molar-refractivity contribution is -0.122. The molecule has 0 bridgehead atoms. The lowest BCUT2D eigenvalue weighted by Gasteiger charge is -2.03. The molecule has 5 heteroatoms. The second-order valence-corrected chi connectivity index (χ2v) is 3.80. The summed E-state index contributed by atoms with van der Waals surface area (Å²) in [6.07, 6.45) is 0.312. The van der Waals surface area contributed by atoms with Crippen LogP contribution in [0.2, 0.25) is 0 Å². The Morgan fingerprint density at radius 2 is 2.06 bits per heavy atom. The number of anilines is 1. The molecule has 3 N–H and O–H groups in total. The molecule has 0 aromatic heterocycles. The quantitative estimate of drug-likeness (QED) is 0.347. The highest BCUT2D eigenvalue weighted by Gasteiger charge is 2.01. The maximum atomic E-state index is 11.4. The Hall–Kier alpha value is -1.88. The van der Waals surface area contributed by atoms with Gasteiger partial charge < -0.3 is 10.5 Å². The van der Waals surface area contributed by atoms with E-state index in [2.05, 4.69) is 10.5 Å². The van der Waals surface area contributed by atoms with Crippen molar-refractivity contribution >= 4 is 17.3 Å². The molecule has 0 unspecified atom stereocenters. The molecule has 98 valence electrons. The van der Waals surface area contributed by atoms with Gasteiger partial charge in [0.25, 0.3) is 0 Å². The van der Waals surface area contributed by atoms with Gasteiger partial charge in [0.1, 0.15) is 0 Å². The first-order valence-corrected chi connectivity index (χ1v) is 5.90. The van der Waals surface area contributed by atoms with Gasteiger partial charge in [-0.1, -0.05) is 12.1 Å². The van der Waals surface area contributed by atoms with Gasteiger partial charge >= 0.3 is 0 Å². The largest absolute Gasteiger partial charge is 0.399 e. The standard InChI is InChI=1S/C13H19N3O2/c1-3-18-9-8-13(17)16-15-10(2)11-4-6-12(14)7-5-11/h4-7H,3,8-9,14H2,1-2H3,(H,16,17)/b15-10+. The normalized spacial score (nSPS) is 11.3. The van der Waals surface area contributed by atoms with Crippen molar-refractivity contribution in [3.63, 3.8) is 0 Å². The predicted molar refractivity (Wildman–Crippen MR) is 72.3 cm³/mol. The van der Waals surface area contributed by atoms with Gasteiger partial charge in [-0.25, -0.2) is 5.43 Å². The number of hydrogen-bond donors (Lipinski definition) is 2. The van der Waals surface area contributed by atoms with Gasteiger partial charge in [0.2, 0.25) is 5.91 Å². The average molecular weight is 249 g/mol. The van der Waals surface area contributed by atoms with Gasteiger partial charge in [0, 0.05) is 12.3 Å². The van der Waals surface area contributed by atoms with E-state index in [4.69, 9.17) is 10.5 Å². The Balaban J connectivity index is 2.46. The predicted octanol–water partition coefficient (Wildman–Crippen LogP) is 1.54. The molecule has 18 heavy (non-hydrogen) atoms. The summed E-state index contributed by atoms with van der Waals surface area (Å²) in [6.45, 7) is 4.75. The van der Waals surface area contributed by atoms with Gasteiger partial charge in [0.05, 0.1) is 18.7 Å². The molecule has 0 fully saturated rings. The molecule has 0 saturated carbocycles. The maximum Gasteiger partial charge on any atom is 0.242 e. The van der Waals surface area contributed by atoms with Crippen molar-refractivity contribution < 1.29 is 9.53 Å². The second kappa shape index (κ2) is 7.45. The number of hydrogen-bond acceptors (Lipinski definition) is 4. The smallest absolute Gasteiger partial charge is 0.242 e. The van der Waals surface area contributed by atoms with E-state index in [1.54, 1.807) is 12.1 Å². The lowest BCUT2D eigenvalue weighted by Crippen LogP contribution is -2.20. The number of carbonyl (C=O) groups excluding carboxylic acids is 1. The van der Waals surface area contributed by atoms with Crippen molar-refractivity contribution in [1.29, 1.82) is 0 Å². The number of carbonyl (C=O) groups is 1. The highest BCUT2D eigenvalue weighted by Crippen LogP contribution is 2.06. The number of amides is 1. The summed E-state index contributed by atoms with van der Waals surface area (Å²) in [5.41, 5.74) is 10.4. The van der Waals surface area contributed by atoms with Gasteiger partial charge in [-0.05, 0) is 31.5 Å². The van der Waals surface area contributed by atoms with Crippen LogP contribution in [-0.2, 0) is 9.53 Å². The topological polar surface area (TPSA) is 76.7 Å². The van der Waals surface area contributed by atoms with Crippen molar-refractivity contribution in [3.8, 4) is 0 Å². The molecule has 1 rings (SSSR count).